The van der Waals surface area contributed by atoms with Gasteiger partial charge in [0.15, 0.2) is 0 Å². The second-order valence-electron chi connectivity index (χ2n) is 8.64. The van der Waals surface area contributed by atoms with Gasteiger partial charge in [0.05, 0.1) is 18.4 Å². The van der Waals surface area contributed by atoms with Crippen LogP contribution in [0.25, 0.3) is 0 Å². The van der Waals surface area contributed by atoms with E-state index in [1.807, 2.05) is 12.1 Å². The Morgan fingerprint density at radius 2 is 1.90 bits per heavy atom. The smallest absolute Gasteiger partial charge is 0.138 e. The van der Waals surface area contributed by atoms with Crippen LogP contribution in [-0.2, 0) is 11.3 Å². The molecule has 1 aromatic heterocycles. The van der Waals surface area contributed by atoms with Gasteiger partial charge in [-0.05, 0) is 24.6 Å². The molecule has 0 bridgehead atoms. The van der Waals surface area contributed by atoms with Crippen LogP contribution < -0.4 is 10.2 Å². The third kappa shape index (κ3) is 4.72. The van der Waals surface area contributed by atoms with Crippen LogP contribution in [-0.4, -0.2) is 53.6 Å². The van der Waals surface area contributed by atoms with Gasteiger partial charge >= 0.3 is 0 Å². The number of hydrogen-bond donors (Lipinski definition) is 1. The maximum absolute atomic E-state index is 13.5. The number of nitrogens with zero attached hydrogens (tertiary/aromatic N) is 4. The molecule has 2 atom stereocenters. The molecule has 31 heavy (non-hydrogen) atoms. The Hall–Kier alpha value is -2.51. The lowest BCUT2D eigenvalue weighted by molar-refractivity contribution is 0.0787. The number of benzene rings is 1. The molecule has 1 fully saturated rings. The average molecular weight is 426 g/mol. The second kappa shape index (κ2) is 9.32. The Kier molecular flexibility index (Phi) is 6.53. The van der Waals surface area contributed by atoms with Crippen molar-refractivity contribution < 1.29 is 9.13 Å². The van der Waals surface area contributed by atoms with Crippen molar-refractivity contribution in [3.8, 4) is 0 Å². The molecule has 2 aliphatic heterocycles. The fourth-order valence-corrected chi connectivity index (χ4v) is 4.39. The van der Waals surface area contributed by atoms with Crippen LogP contribution in [0.3, 0.4) is 0 Å². The van der Waals surface area contributed by atoms with E-state index in [0.717, 1.165) is 61.1 Å². The Labute approximate surface area is 184 Å². The maximum Gasteiger partial charge on any atom is 0.138 e. The third-order valence-corrected chi connectivity index (χ3v) is 6.21. The lowest BCUT2D eigenvalue weighted by Gasteiger charge is -2.40. The molecular weight excluding hydrogens is 393 g/mol. The zero-order chi connectivity index (χ0) is 22.0. The predicted octanol–water partition coefficient (Wildman–Crippen LogP) is 3.62. The highest BCUT2D eigenvalue weighted by molar-refractivity contribution is 5.51. The molecule has 7 heteroatoms. The Bertz CT molecular complexity index is 909. The lowest BCUT2D eigenvalue weighted by Crippen LogP contribution is -2.47. The number of anilines is 1. The van der Waals surface area contributed by atoms with E-state index in [9.17, 15) is 4.39 Å². The van der Waals surface area contributed by atoms with Crippen LogP contribution in [0, 0.1) is 5.82 Å². The van der Waals surface area contributed by atoms with Gasteiger partial charge in [0.2, 0.25) is 0 Å². The summed E-state index contributed by atoms with van der Waals surface area (Å²) in [5.74, 6) is 0.886. The van der Waals surface area contributed by atoms with E-state index >= 15 is 0 Å². The molecule has 2 aromatic rings. The van der Waals surface area contributed by atoms with Gasteiger partial charge in [-0.25, -0.2) is 14.4 Å². The minimum Gasteiger partial charge on any atom is -0.371 e. The summed E-state index contributed by atoms with van der Waals surface area (Å²) < 4.78 is 19.2. The van der Waals surface area contributed by atoms with E-state index in [1.54, 1.807) is 6.33 Å². The van der Waals surface area contributed by atoms with Gasteiger partial charge in [-0.1, -0.05) is 32.6 Å². The van der Waals surface area contributed by atoms with Crippen molar-refractivity contribution in [1.29, 1.82) is 0 Å². The van der Waals surface area contributed by atoms with Gasteiger partial charge in [0, 0.05) is 55.9 Å². The molecule has 1 N–H and O–H groups in total. The number of rotatable bonds is 7. The van der Waals surface area contributed by atoms with Gasteiger partial charge in [-0.2, -0.15) is 0 Å². The van der Waals surface area contributed by atoms with Crippen LogP contribution in [0.15, 0.2) is 42.9 Å². The summed E-state index contributed by atoms with van der Waals surface area (Å²) in [6.07, 6.45) is 1.67. The zero-order valence-electron chi connectivity index (χ0n) is 18.6. The highest BCUT2D eigenvalue weighted by Crippen LogP contribution is 2.36. The SMILES string of the molecule is C=C(C(CNC(C)C)c1ccc(F)cc1)N1CCN(c2ncnc3c2[C@H](C)OC3)CC1. The summed E-state index contributed by atoms with van der Waals surface area (Å²) in [5, 5.41) is 3.52. The summed E-state index contributed by atoms with van der Waals surface area (Å²) in [7, 11) is 0. The molecule has 0 spiro atoms. The van der Waals surface area contributed by atoms with Crippen molar-refractivity contribution in [3.05, 3.63) is 65.5 Å². The summed E-state index contributed by atoms with van der Waals surface area (Å²) >= 11 is 0. The molecule has 0 radical (unpaired) electrons. The van der Waals surface area contributed by atoms with Gasteiger partial charge in [0.25, 0.3) is 0 Å². The van der Waals surface area contributed by atoms with Crippen LogP contribution in [0.4, 0.5) is 10.2 Å². The largest absolute Gasteiger partial charge is 0.371 e. The van der Waals surface area contributed by atoms with Crippen molar-refractivity contribution in [2.75, 3.05) is 37.6 Å². The van der Waals surface area contributed by atoms with E-state index in [2.05, 4.69) is 52.4 Å². The quantitative estimate of drug-likeness (QED) is 0.731. The normalized spacial score (nSPS) is 19.6. The van der Waals surface area contributed by atoms with Gasteiger partial charge in [-0.3, -0.25) is 0 Å². The van der Waals surface area contributed by atoms with E-state index in [4.69, 9.17) is 4.74 Å². The standard InChI is InChI=1S/C24H32FN5O/c1-16(2)26-13-21(19-5-7-20(25)8-6-19)17(3)29-9-11-30(12-10-29)24-23-18(4)31-14-22(23)27-15-28-24/h5-8,15-16,18,21,26H,3,9-14H2,1-2,4H3/t18-,21?/m0/s1. The van der Waals surface area contributed by atoms with E-state index < -0.39 is 0 Å². The van der Waals surface area contributed by atoms with Crippen molar-refractivity contribution in [2.45, 2.75) is 45.4 Å². The minimum atomic E-state index is -0.214. The number of hydrogen-bond acceptors (Lipinski definition) is 6. The molecule has 0 amide bonds. The number of aromatic nitrogens is 2. The zero-order valence-corrected chi connectivity index (χ0v) is 18.6. The van der Waals surface area contributed by atoms with Crippen molar-refractivity contribution in [1.82, 2.24) is 20.2 Å². The molecule has 1 unspecified atom stereocenters. The average Bonchev–Trinajstić information content (AvgIpc) is 3.16. The summed E-state index contributed by atoms with van der Waals surface area (Å²) in [6.45, 7) is 15.6. The fraction of sp³-hybridized carbons (Fsp3) is 0.500. The van der Waals surface area contributed by atoms with E-state index in [-0.39, 0.29) is 17.8 Å². The molecule has 0 saturated carbocycles. The number of halogens is 1. The number of piperazine rings is 1. The Morgan fingerprint density at radius 1 is 1.19 bits per heavy atom. The molecule has 0 aliphatic carbocycles. The van der Waals surface area contributed by atoms with Gasteiger partial charge < -0.3 is 19.9 Å². The first kappa shape index (κ1) is 21.7. The predicted molar refractivity (Wildman–Crippen MR) is 120 cm³/mol. The molecule has 6 nitrogen and oxygen atoms in total. The first-order chi connectivity index (χ1) is 14.9. The first-order valence-corrected chi connectivity index (χ1v) is 11.1. The molecule has 1 aromatic carbocycles. The van der Waals surface area contributed by atoms with Gasteiger partial charge in [-0.15, -0.1) is 0 Å². The topological polar surface area (TPSA) is 53.5 Å². The Balaban J connectivity index is 1.46. The van der Waals surface area contributed by atoms with Crippen LogP contribution in [0.1, 0.15) is 49.6 Å². The molecule has 1 saturated heterocycles. The number of nitrogens with one attached hydrogen (secondary N) is 1. The van der Waals surface area contributed by atoms with Crippen LogP contribution >= 0.6 is 0 Å². The highest BCUT2D eigenvalue weighted by atomic mass is 19.1. The monoisotopic (exact) mass is 425 g/mol. The highest BCUT2D eigenvalue weighted by Gasteiger charge is 2.30. The van der Waals surface area contributed by atoms with Gasteiger partial charge in [0.1, 0.15) is 18.0 Å². The van der Waals surface area contributed by atoms with Crippen molar-refractivity contribution in [3.63, 3.8) is 0 Å². The third-order valence-electron chi connectivity index (χ3n) is 6.21. The molecule has 3 heterocycles. The van der Waals surface area contributed by atoms with Crippen LogP contribution in [0.5, 0.6) is 0 Å². The maximum atomic E-state index is 13.5. The molecular formula is C24H32FN5O. The van der Waals surface area contributed by atoms with Crippen molar-refractivity contribution in [2.24, 2.45) is 0 Å². The molecule has 4 rings (SSSR count). The first-order valence-electron chi connectivity index (χ1n) is 11.1. The summed E-state index contributed by atoms with van der Waals surface area (Å²) in [5.41, 5.74) is 4.28. The van der Waals surface area contributed by atoms with E-state index in [0.29, 0.717) is 12.6 Å². The van der Waals surface area contributed by atoms with Crippen molar-refractivity contribution >= 4 is 5.82 Å². The summed E-state index contributed by atoms with van der Waals surface area (Å²) in [4.78, 5) is 13.7. The Morgan fingerprint density at radius 3 is 2.58 bits per heavy atom. The van der Waals surface area contributed by atoms with Crippen LogP contribution in [0.2, 0.25) is 0 Å². The number of fused-ring (bicyclic) bond motifs is 1. The molecule has 2 aliphatic rings. The fourth-order valence-electron chi connectivity index (χ4n) is 4.39. The second-order valence-corrected chi connectivity index (χ2v) is 8.64. The van der Waals surface area contributed by atoms with E-state index in [1.165, 1.54) is 12.1 Å². The summed E-state index contributed by atoms with van der Waals surface area (Å²) in [6, 6.07) is 7.17. The minimum absolute atomic E-state index is 0.0316. The number of ether oxygens (including phenoxy) is 1. The lowest BCUT2D eigenvalue weighted by atomic mass is 9.94. The molecule has 166 valence electrons.